The number of hydrogen-bond acceptors (Lipinski definition) is 3. The number of aromatic nitrogens is 1. The lowest BCUT2D eigenvalue weighted by atomic mass is 10.1. The maximum absolute atomic E-state index is 13.7. The van der Waals surface area contributed by atoms with Gasteiger partial charge in [0.25, 0.3) is 6.43 Å². The first kappa shape index (κ1) is 13.8. The zero-order valence-corrected chi connectivity index (χ0v) is 9.60. The maximum Gasteiger partial charge on any atom is 0.342 e. The minimum atomic E-state index is -3.09. The minimum absolute atomic E-state index is 0.0134. The zero-order chi connectivity index (χ0) is 13.0. The molecule has 0 aromatic carbocycles. The summed E-state index contributed by atoms with van der Waals surface area (Å²) < 4.78 is 43.4. The highest BCUT2D eigenvalue weighted by Crippen LogP contribution is 2.27. The Bertz CT molecular complexity index is 426. The summed E-state index contributed by atoms with van der Waals surface area (Å²) in [5.74, 6) is -2.72. The molecule has 3 nitrogen and oxygen atoms in total. The average molecular weight is 268 g/mol. The van der Waals surface area contributed by atoms with Crippen LogP contribution in [0.15, 0.2) is 6.20 Å². The zero-order valence-electron chi connectivity index (χ0n) is 8.84. The third kappa shape index (κ3) is 2.88. The lowest BCUT2D eigenvalue weighted by Gasteiger charge is -2.10. The van der Waals surface area contributed by atoms with Crippen LogP contribution in [0.1, 0.15) is 35.0 Å². The number of hydrogen-bond donors (Lipinski definition) is 0. The van der Waals surface area contributed by atoms with E-state index in [0.717, 1.165) is 6.20 Å². The van der Waals surface area contributed by atoms with Crippen LogP contribution in [0.25, 0.3) is 0 Å². The van der Waals surface area contributed by atoms with Gasteiger partial charge >= 0.3 is 5.97 Å². The van der Waals surface area contributed by atoms with Crippen molar-refractivity contribution in [1.82, 2.24) is 4.98 Å². The molecule has 1 aromatic rings. The average Bonchev–Trinajstić information content (AvgIpc) is 2.27. The first-order chi connectivity index (χ1) is 8.02. The lowest BCUT2D eigenvalue weighted by Crippen LogP contribution is -2.12. The Hall–Kier alpha value is -1.30. The van der Waals surface area contributed by atoms with Gasteiger partial charge in [-0.15, -0.1) is 11.6 Å². The molecule has 94 valence electrons. The second kappa shape index (κ2) is 5.86. The quantitative estimate of drug-likeness (QED) is 0.622. The summed E-state index contributed by atoms with van der Waals surface area (Å²) in [6.45, 7) is 1.53. The standard InChI is InChI=1S/C10H9ClF3NO2/c1-2-17-10(16)5-4-15-6(3-11)7(8(5)12)9(13)14/h4,9H,2-3H2,1H3. The summed E-state index contributed by atoms with van der Waals surface area (Å²) in [4.78, 5) is 14.8. The molecule has 1 rings (SSSR count). The van der Waals surface area contributed by atoms with Gasteiger partial charge in [-0.3, -0.25) is 4.98 Å². The van der Waals surface area contributed by atoms with Crippen molar-refractivity contribution in [3.63, 3.8) is 0 Å². The number of alkyl halides is 3. The van der Waals surface area contributed by atoms with Crippen LogP contribution in [-0.2, 0) is 10.6 Å². The molecular formula is C10H9ClF3NO2. The Kier molecular flexibility index (Phi) is 4.74. The first-order valence-corrected chi connectivity index (χ1v) is 5.24. The maximum atomic E-state index is 13.7. The Balaban J connectivity index is 3.27. The molecule has 0 saturated carbocycles. The fraction of sp³-hybridized carbons (Fsp3) is 0.400. The van der Waals surface area contributed by atoms with Crippen LogP contribution < -0.4 is 0 Å². The molecule has 0 fully saturated rings. The molecule has 0 aliphatic heterocycles. The number of ether oxygens (including phenoxy) is 1. The summed E-state index contributed by atoms with van der Waals surface area (Å²) in [6.07, 6.45) is -2.25. The normalized spacial score (nSPS) is 10.7. The van der Waals surface area contributed by atoms with Gasteiger partial charge in [0.1, 0.15) is 11.4 Å². The summed E-state index contributed by atoms with van der Waals surface area (Å²) in [6, 6.07) is 0. The third-order valence-corrected chi connectivity index (χ3v) is 2.23. The van der Waals surface area contributed by atoms with Crippen molar-refractivity contribution < 1.29 is 22.7 Å². The van der Waals surface area contributed by atoms with Gasteiger partial charge in [-0.05, 0) is 6.92 Å². The van der Waals surface area contributed by atoms with Crippen molar-refractivity contribution in [2.24, 2.45) is 0 Å². The molecule has 0 spiro atoms. The van der Waals surface area contributed by atoms with Gasteiger partial charge in [0.05, 0.1) is 23.7 Å². The fourth-order valence-corrected chi connectivity index (χ4v) is 1.43. The summed E-state index contributed by atoms with van der Waals surface area (Å²) in [7, 11) is 0. The predicted molar refractivity (Wildman–Crippen MR) is 54.7 cm³/mol. The van der Waals surface area contributed by atoms with Crippen LogP contribution >= 0.6 is 11.6 Å². The summed E-state index contributed by atoms with van der Waals surface area (Å²) >= 11 is 5.36. The van der Waals surface area contributed by atoms with Gasteiger partial charge in [0.2, 0.25) is 0 Å². The highest BCUT2D eigenvalue weighted by Gasteiger charge is 2.25. The van der Waals surface area contributed by atoms with Crippen LogP contribution in [-0.4, -0.2) is 17.6 Å². The molecule has 1 heterocycles. The number of nitrogens with zero attached hydrogens (tertiary/aromatic N) is 1. The number of rotatable bonds is 4. The molecular weight excluding hydrogens is 259 g/mol. The second-order valence-corrected chi connectivity index (χ2v) is 3.27. The predicted octanol–water partition coefficient (Wildman–Crippen LogP) is 3.07. The summed E-state index contributed by atoms with van der Waals surface area (Å²) in [5, 5.41) is 0. The number of halogens is 4. The van der Waals surface area contributed by atoms with Crippen molar-refractivity contribution >= 4 is 17.6 Å². The van der Waals surface area contributed by atoms with E-state index in [9.17, 15) is 18.0 Å². The van der Waals surface area contributed by atoms with Crippen molar-refractivity contribution in [2.75, 3.05) is 6.61 Å². The number of carbonyl (C=O) groups is 1. The summed E-state index contributed by atoms with van der Waals surface area (Å²) in [5.41, 5.74) is -1.85. The van der Waals surface area contributed by atoms with Crippen LogP contribution in [0, 0.1) is 5.82 Å². The Labute approximate surface area is 101 Å². The van der Waals surface area contributed by atoms with Crippen molar-refractivity contribution in [1.29, 1.82) is 0 Å². The largest absolute Gasteiger partial charge is 0.462 e. The van der Waals surface area contributed by atoms with Crippen LogP contribution in [0.3, 0.4) is 0 Å². The van der Waals surface area contributed by atoms with E-state index >= 15 is 0 Å². The van der Waals surface area contributed by atoms with Gasteiger partial charge in [0, 0.05) is 6.20 Å². The molecule has 7 heteroatoms. The smallest absolute Gasteiger partial charge is 0.342 e. The van der Waals surface area contributed by atoms with Crippen LogP contribution in [0.5, 0.6) is 0 Å². The first-order valence-electron chi connectivity index (χ1n) is 4.71. The molecule has 0 unspecified atom stereocenters. The van der Waals surface area contributed by atoms with E-state index in [1.54, 1.807) is 0 Å². The monoisotopic (exact) mass is 267 g/mol. The van der Waals surface area contributed by atoms with Crippen molar-refractivity contribution in [2.45, 2.75) is 19.2 Å². The molecule has 0 radical (unpaired) electrons. The Morgan fingerprint density at radius 3 is 2.71 bits per heavy atom. The molecule has 17 heavy (non-hydrogen) atoms. The number of pyridine rings is 1. The molecule has 0 atom stereocenters. The fourth-order valence-electron chi connectivity index (χ4n) is 1.22. The van der Waals surface area contributed by atoms with E-state index in [1.165, 1.54) is 6.92 Å². The van der Waals surface area contributed by atoms with Crippen molar-refractivity contribution in [3.05, 3.63) is 28.8 Å². The molecule has 0 bridgehead atoms. The molecule has 0 N–H and O–H groups in total. The number of esters is 1. The molecule has 0 amide bonds. The van der Waals surface area contributed by atoms with Gasteiger partial charge in [-0.2, -0.15) is 0 Å². The van der Waals surface area contributed by atoms with E-state index in [0.29, 0.717) is 0 Å². The van der Waals surface area contributed by atoms with Gasteiger partial charge in [-0.25, -0.2) is 18.0 Å². The van der Waals surface area contributed by atoms with Gasteiger partial charge < -0.3 is 4.74 Å². The second-order valence-electron chi connectivity index (χ2n) is 3.00. The lowest BCUT2D eigenvalue weighted by molar-refractivity contribution is 0.0519. The topological polar surface area (TPSA) is 39.2 Å². The highest BCUT2D eigenvalue weighted by atomic mass is 35.5. The minimum Gasteiger partial charge on any atom is -0.462 e. The van der Waals surface area contributed by atoms with E-state index in [1.807, 2.05) is 0 Å². The number of carbonyl (C=O) groups excluding carboxylic acids is 1. The molecule has 1 aromatic heterocycles. The van der Waals surface area contributed by atoms with Gasteiger partial charge in [-0.1, -0.05) is 0 Å². The molecule has 0 aliphatic rings. The molecule has 0 aliphatic carbocycles. The Morgan fingerprint density at radius 1 is 1.59 bits per heavy atom. The Morgan fingerprint density at radius 2 is 2.24 bits per heavy atom. The van der Waals surface area contributed by atoms with E-state index in [4.69, 9.17) is 11.6 Å². The van der Waals surface area contributed by atoms with Crippen molar-refractivity contribution in [3.8, 4) is 0 Å². The third-order valence-electron chi connectivity index (χ3n) is 1.97. The highest BCUT2D eigenvalue weighted by molar-refractivity contribution is 6.17. The van der Waals surface area contributed by atoms with E-state index in [-0.39, 0.29) is 18.2 Å². The molecule has 0 saturated heterocycles. The SMILES string of the molecule is CCOC(=O)c1cnc(CCl)c(C(F)F)c1F. The van der Waals surface area contributed by atoms with Crippen LogP contribution in [0.4, 0.5) is 13.2 Å². The van der Waals surface area contributed by atoms with E-state index in [2.05, 4.69) is 9.72 Å². The van der Waals surface area contributed by atoms with E-state index < -0.39 is 29.3 Å². The van der Waals surface area contributed by atoms with Gasteiger partial charge in [0.15, 0.2) is 0 Å². The van der Waals surface area contributed by atoms with Crippen LogP contribution in [0.2, 0.25) is 0 Å².